The number of nitrogens with zero attached hydrogens (tertiary/aromatic N) is 4. The van der Waals surface area contributed by atoms with Crippen LogP contribution >= 0.6 is 15.9 Å². The minimum absolute atomic E-state index is 0.312. The highest BCUT2D eigenvalue weighted by molar-refractivity contribution is 9.10. The van der Waals surface area contributed by atoms with Crippen LogP contribution in [0.4, 0.5) is 17.5 Å². The van der Waals surface area contributed by atoms with Crippen molar-refractivity contribution < 1.29 is 4.74 Å². The molecule has 0 amide bonds. The Hall–Kier alpha value is -2.39. The van der Waals surface area contributed by atoms with Gasteiger partial charge in [-0.2, -0.15) is 9.97 Å². The van der Waals surface area contributed by atoms with E-state index in [9.17, 15) is 0 Å². The van der Waals surface area contributed by atoms with Gasteiger partial charge in [0.2, 0.25) is 5.95 Å². The van der Waals surface area contributed by atoms with E-state index in [2.05, 4.69) is 36.1 Å². The molecule has 0 radical (unpaired) electrons. The fourth-order valence-electron chi connectivity index (χ4n) is 4.02. The summed E-state index contributed by atoms with van der Waals surface area (Å²) in [5, 5.41) is 6.96. The lowest BCUT2D eigenvalue weighted by Crippen LogP contribution is -2.33. The first kappa shape index (κ1) is 19.6. The molecule has 158 valence electrons. The molecule has 8 nitrogen and oxygen atoms in total. The van der Waals surface area contributed by atoms with Crippen LogP contribution in [0.2, 0.25) is 0 Å². The van der Waals surface area contributed by atoms with E-state index < -0.39 is 0 Å². The third kappa shape index (κ3) is 4.09. The van der Waals surface area contributed by atoms with E-state index in [1.54, 1.807) is 7.11 Å². The van der Waals surface area contributed by atoms with Crippen LogP contribution < -0.4 is 21.1 Å². The Kier molecular flexibility index (Phi) is 5.24. The molecule has 0 atom stereocenters. The van der Waals surface area contributed by atoms with E-state index in [-0.39, 0.29) is 0 Å². The van der Waals surface area contributed by atoms with Crippen LogP contribution in [0.1, 0.15) is 44.6 Å². The molecule has 4 N–H and O–H groups in total. The van der Waals surface area contributed by atoms with Gasteiger partial charge >= 0.3 is 0 Å². The molecule has 0 spiro atoms. The summed E-state index contributed by atoms with van der Waals surface area (Å²) in [6.45, 7) is 0. The van der Waals surface area contributed by atoms with Crippen molar-refractivity contribution in [2.45, 2.75) is 56.7 Å². The van der Waals surface area contributed by atoms with Crippen LogP contribution in [0.3, 0.4) is 0 Å². The van der Waals surface area contributed by atoms with Crippen LogP contribution in [0.15, 0.2) is 29.0 Å². The maximum Gasteiger partial charge on any atom is 0.227 e. The topological polar surface area (TPSA) is 103 Å². The van der Waals surface area contributed by atoms with Crippen molar-refractivity contribution in [2.24, 2.45) is 5.73 Å². The molecule has 2 saturated carbocycles. The smallest absolute Gasteiger partial charge is 0.227 e. The summed E-state index contributed by atoms with van der Waals surface area (Å²) in [6.07, 6.45) is 8.36. The van der Waals surface area contributed by atoms with Crippen molar-refractivity contribution >= 4 is 44.5 Å². The van der Waals surface area contributed by atoms with Gasteiger partial charge in [-0.3, -0.25) is 0 Å². The molecule has 5 rings (SSSR count). The van der Waals surface area contributed by atoms with Crippen molar-refractivity contribution in [3.63, 3.8) is 0 Å². The Balaban J connectivity index is 1.50. The van der Waals surface area contributed by atoms with Crippen molar-refractivity contribution in [1.82, 2.24) is 19.5 Å². The molecule has 1 aromatic carbocycles. The Labute approximate surface area is 183 Å². The molecule has 30 heavy (non-hydrogen) atoms. The van der Waals surface area contributed by atoms with E-state index in [1.165, 1.54) is 12.8 Å². The summed E-state index contributed by atoms with van der Waals surface area (Å²) in [4.78, 5) is 14.3. The largest absolute Gasteiger partial charge is 0.497 e. The van der Waals surface area contributed by atoms with Crippen molar-refractivity contribution in [3.8, 4) is 5.75 Å². The number of benzene rings is 1. The summed E-state index contributed by atoms with van der Waals surface area (Å²) in [7, 11) is 1.66. The number of aromatic nitrogens is 4. The number of methoxy groups -OCH3 is 1. The highest BCUT2D eigenvalue weighted by Crippen LogP contribution is 2.38. The predicted molar refractivity (Wildman–Crippen MR) is 121 cm³/mol. The highest BCUT2D eigenvalue weighted by atomic mass is 79.9. The van der Waals surface area contributed by atoms with E-state index in [0.717, 1.165) is 52.8 Å². The van der Waals surface area contributed by atoms with Crippen LogP contribution in [0.25, 0.3) is 11.2 Å². The summed E-state index contributed by atoms with van der Waals surface area (Å²) in [5.74, 6) is 2.09. The van der Waals surface area contributed by atoms with Gasteiger partial charge in [-0.25, -0.2) is 4.98 Å². The predicted octanol–water partition coefficient (Wildman–Crippen LogP) is 4.36. The van der Waals surface area contributed by atoms with E-state index in [0.29, 0.717) is 29.9 Å². The fraction of sp³-hybridized carbons (Fsp3) is 0.476. The average molecular weight is 472 g/mol. The van der Waals surface area contributed by atoms with Gasteiger partial charge in [0, 0.05) is 34.4 Å². The molecule has 2 heterocycles. The van der Waals surface area contributed by atoms with Gasteiger partial charge < -0.3 is 25.7 Å². The number of hydrogen-bond acceptors (Lipinski definition) is 7. The van der Waals surface area contributed by atoms with Crippen LogP contribution in [0, 0.1) is 0 Å². The Morgan fingerprint density at radius 2 is 1.90 bits per heavy atom. The number of hydrogen-bond donors (Lipinski definition) is 3. The van der Waals surface area contributed by atoms with E-state index in [4.69, 9.17) is 20.4 Å². The van der Waals surface area contributed by atoms with Gasteiger partial charge in [0.1, 0.15) is 5.75 Å². The van der Waals surface area contributed by atoms with Crippen LogP contribution in [0.5, 0.6) is 5.75 Å². The number of nitrogens with one attached hydrogen (secondary N) is 2. The number of nitrogens with two attached hydrogens (primary N) is 1. The average Bonchev–Trinajstić information content (AvgIpc) is 3.48. The SMILES string of the molecule is COc1cc(Br)cc(Nc2nc(NC3CCC(N)CC3)nc3c2ncn3C2CC2)c1. The maximum atomic E-state index is 6.06. The monoisotopic (exact) mass is 471 g/mol. The molecule has 9 heteroatoms. The summed E-state index contributed by atoms with van der Waals surface area (Å²) in [6, 6.07) is 6.99. The molecule has 2 aromatic heterocycles. The van der Waals surface area contributed by atoms with E-state index in [1.807, 2.05) is 24.5 Å². The molecule has 0 aliphatic heterocycles. The molecule has 0 unspecified atom stereocenters. The third-order valence-electron chi connectivity index (χ3n) is 5.84. The number of imidazole rings is 1. The third-order valence-corrected chi connectivity index (χ3v) is 6.29. The standard InChI is InChI=1S/C21H26BrN7O/c1-30-17-9-12(22)8-15(10-17)25-19-18-20(29(11-24-18)16-6-7-16)28-21(27-19)26-14-4-2-13(23)3-5-14/h8-11,13-14,16H,2-7,23H2,1H3,(H2,25,26,27,28). The lowest BCUT2D eigenvalue weighted by atomic mass is 9.92. The van der Waals surface area contributed by atoms with Crippen molar-refractivity contribution in [3.05, 3.63) is 29.0 Å². The first-order chi connectivity index (χ1) is 14.6. The second-order valence-electron chi connectivity index (χ2n) is 8.21. The molecule has 2 fully saturated rings. The summed E-state index contributed by atoms with van der Waals surface area (Å²) < 4.78 is 8.49. The first-order valence-corrected chi connectivity index (χ1v) is 11.3. The van der Waals surface area contributed by atoms with Crippen LogP contribution in [-0.2, 0) is 0 Å². The van der Waals surface area contributed by atoms with Gasteiger partial charge in [-0.05, 0) is 50.7 Å². The molecular formula is C21H26BrN7O. The minimum atomic E-state index is 0.312. The minimum Gasteiger partial charge on any atom is -0.497 e. The number of anilines is 3. The molecule has 2 aliphatic carbocycles. The maximum absolute atomic E-state index is 6.06. The molecule has 0 saturated heterocycles. The van der Waals surface area contributed by atoms with Crippen LogP contribution in [-0.4, -0.2) is 38.7 Å². The van der Waals surface area contributed by atoms with E-state index >= 15 is 0 Å². The number of fused-ring (bicyclic) bond motifs is 1. The first-order valence-electron chi connectivity index (χ1n) is 10.5. The molecule has 3 aromatic rings. The zero-order valence-corrected chi connectivity index (χ0v) is 18.5. The Morgan fingerprint density at radius 3 is 2.63 bits per heavy atom. The lowest BCUT2D eigenvalue weighted by molar-refractivity contribution is 0.410. The second kappa shape index (κ2) is 8.03. The highest BCUT2D eigenvalue weighted by Gasteiger charge is 2.27. The van der Waals surface area contributed by atoms with Crippen molar-refractivity contribution in [2.75, 3.05) is 17.7 Å². The molecule has 2 aliphatic rings. The van der Waals surface area contributed by atoms with Gasteiger partial charge in [0.05, 0.1) is 13.4 Å². The zero-order chi connectivity index (χ0) is 20.7. The number of ether oxygens (including phenoxy) is 1. The van der Waals surface area contributed by atoms with Gasteiger partial charge in [0.25, 0.3) is 0 Å². The van der Waals surface area contributed by atoms with Crippen molar-refractivity contribution in [1.29, 1.82) is 0 Å². The molecular weight excluding hydrogens is 446 g/mol. The zero-order valence-electron chi connectivity index (χ0n) is 16.9. The number of rotatable bonds is 6. The van der Waals surface area contributed by atoms with Gasteiger partial charge in [-0.1, -0.05) is 15.9 Å². The van der Waals surface area contributed by atoms with Gasteiger partial charge in [-0.15, -0.1) is 0 Å². The summed E-state index contributed by atoms with van der Waals surface area (Å²) in [5.41, 5.74) is 8.58. The Bertz CT molecular complexity index is 1060. The van der Waals surface area contributed by atoms with Gasteiger partial charge in [0.15, 0.2) is 17.0 Å². The quantitative estimate of drug-likeness (QED) is 0.490. The lowest BCUT2D eigenvalue weighted by Gasteiger charge is -2.26. The molecule has 0 bridgehead atoms. The number of halogens is 1. The summed E-state index contributed by atoms with van der Waals surface area (Å²) >= 11 is 3.54. The second-order valence-corrected chi connectivity index (χ2v) is 9.13. The fourth-order valence-corrected chi connectivity index (χ4v) is 4.50. The normalized spacial score (nSPS) is 21.6. The Morgan fingerprint density at radius 1 is 1.10 bits per heavy atom.